The number of hydrogen-bond acceptors (Lipinski definition) is 2. The van der Waals surface area contributed by atoms with Crippen molar-refractivity contribution in [3.63, 3.8) is 0 Å². The van der Waals surface area contributed by atoms with Gasteiger partial charge in [-0.1, -0.05) is 25.1 Å². The molecule has 2 unspecified atom stereocenters. The van der Waals surface area contributed by atoms with Crippen molar-refractivity contribution in [1.29, 1.82) is 0 Å². The van der Waals surface area contributed by atoms with E-state index < -0.39 is 0 Å². The van der Waals surface area contributed by atoms with Crippen LogP contribution in [-0.2, 0) is 13.0 Å². The molecule has 0 radical (unpaired) electrons. The second kappa shape index (κ2) is 6.15. The monoisotopic (exact) mass is 280 g/mol. The summed E-state index contributed by atoms with van der Waals surface area (Å²) in [6.45, 7) is 4.58. The zero-order valence-corrected chi connectivity index (χ0v) is 12.8. The Morgan fingerprint density at radius 3 is 2.89 bits per heavy atom. The first kappa shape index (κ1) is 14.7. The minimum Gasteiger partial charge on any atom is -0.384 e. The molecule has 1 aliphatic carbocycles. The van der Waals surface area contributed by atoms with E-state index in [0.717, 1.165) is 25.0 Å². The topological polar surface area (TPSA) is 15.3 Å². The zero-order chi connectivity index (χ0) is 12.5. The van der Waals surface area contributed by atoms with E-state index in [9.17, 15) is 0 Å². The Hall–Kier alpha value is -0.730. The van der Waals surface area contributed by atoms with Crippen LogP contribution in [0, 0.1) is 5.92 Å². The summed E-state index contributed by atoms with van der Waals surface area (Å²) in [5, 5.41) is 3.55. The number of halogens is 1. The number of para-hydroxylation sites is 1. The van der Waals surface area contributed by atoms with Crippen molar-refractivity contribution in [3.8, 4) is 0 Å². The van der Waals surface area contributed by atoms with Crippen LogP contribution in [0.1, 0.15) is 37.3 Å². The van der Waals surface area contributed by atoms with Crippen molar-refractivity contribution < 1.29 is 0 Å². The fourth-order valence-corrected chi connectivity index (χ4v) is 3.52. The first-order valence-electron chi connectivity index (χ1n) is 7.29. The second-order valence-corrected chi connectivity index (χ2v) is 6.12. The summed E-state index contributed by atoms with van der Waals surface area (Å²) in [4.78, 5) is 2.55. The third-order valence-corrected chi connectivity index (χ3v) is 4.64. The van der Waals surface area contributed by atoms with Gasteiger partial charge in [0.25, 0.3) is 0 Å². The lowest BCUT2D eigenvalue weighted by atomic mass is 10.1. The second-order valence-electron chi connectivity index (χ2n) is 6.12. The van der Waals surface area contributed by atoms with Gasteiger partial charge in [-0.15, -0.1) is 12.4 Å². The molecule has 0 amide bonds. The van der Waals surface area contributed by atoms with Crippen LogP contribution in [0.4, 0.5) is 5.69 Å². The normalized spacial score (nSPS) is 25.0. The number of hydrogen-bond donors (Lipinski definition) is 1. The lowest BCUT2D eigenvalue weighted by Gasteiger charge is -2.25. The molecule has 1 aromatic carbocycles. The number of nitrogens with zero attached hydrogens (tertiary/aromatic N) is 1. The third kappa shape index (κ3) is 3.06. The van der Waals surface area contributed by atoms with Crippen LogP contribution >= 0.6 is 12.4 Å². The van der Waals surface area contributed by atoms with Gasteiger partial charge in [-0.05, 0) is 49.8 Å². The molecule has 0 saturated heterocycles. The van der Waals surface area contributed by atoms with Crippen LogP contribution in [0.25, 0.3) is 0 Å². The molecule has 1 saturated carbocycles. The van der Waals surface area contributed by atoms with Gasteiger partial charge in [0, 0.05) is 24.8 Å². The summed E-state index contributed by atoms with van der Waals surface area (Å²) in [5.74, 6) is 0.914. The maximum Gasteiger partial charge on any atom is 0.0419 e. The molecule has 2 nitrogen and oxygen atoms in total. The summed E-state index contributed by atoms with van der Waals surface area (Å²) in [6.07, 6.45) is 5.34. The highest BCUT2D eigenvalue weighted by Gasteiger charge is 2.25. The third-order valence-electron chi connectivity index (χ3n) is 4.64. The molecule has 0 spiro atoms. The molecular weight excluding hydrogens is 256 g/mol. The standard InChI is InChI=1S/C16H24N2.ClH/c1-12-6-7-15(10-12)18(2)11-14-5-3-4-13-8-9-17-16(13)14;/h3-5,12,15,17H,6-11H2,1-2H3;1H. The maximum atomic E-state index is 3.55. The molecule has 1 heterocycles. The van der Waals surface area contributed by atoms with Crippen LogP contribution in [-0.4, -0.2) is 24.5 Å². The molecule has 2 atom stereocenters. The van der Waals surface area contributed by atoms with Crippen molar-refractivity contribution >= 4 is 18.1 Å². The first-order valence-corrected chi connectivity index (χ1v) is 7.29. The summed E-state index contributed by atoms with van der Waals surface area (Å²) < 4.78 is 0. The highest BCUT2D eigenvalue weighted by molar-refractivity contribution is 5.85. The average Bonchev–Trinajstić information content (AvgIpc) is 2.97. The van der Waals surface area contributed by atoms with Gasteiger partial charge in [-0.2, -0.15) is 0 Å². The number of benzene rings is 1. The molecule has 0 aromatic heterocycles. The number of nitrogens with one attached hydrogen (secondary N) is 1. The van der Waals surface area contributed by atoms with Crippen molar-refractivity contribution in [2.45, 2.75) is 45.2 Å². The Kier molecular flexibility index (Phi) is 4.75. The van der Waals surface area contributed by atoms with E-state index in [2.05, 4.69) is 42.4 Å². The molecule has 1 fully saturated rings. The van der Waals surface area contributed by atoms with Crippen molar-refractivity contribution in [2.75, 3.05) is 18.9 Å². The SMILES string of the molecule is CC1CCC(N(C)Cc2cccc3c2NCC3)C1.Cl. The Morgan fingerprint density at radius 1 is 1.32 bits per heavy atom. The summed E-state index contributed by atoms with van der Waals surface area (Å²) in [6, 6.07) is 7.55. The van der Waals surface area contributed by atoms with E-state index in [-0.39, 0.29) is 12.4 Å². The molecule has 19 heavy (non-hydrogen) atoms. The number of fused-ring (bicyclic) bond motifs is 1. The van der Waals surface area contributed by atoms with Gasteiger partial charge in [0.2, 0.25) is 0 Å². The summed E-state index contributed by atoms with van der Waals surface area (Å²) >= 11 is 0. The molecular formula is C16H25ClN2. The molecule has 2 aliphatic rings. The van der Waals surface area contributed by atoms with Crippen LogP contribution in [0.2, 0.25) is 0 Å². The highest BCUT2D eigenvalue weighted by Crippen LogP contribution is 2.31. The van der Waals surface area contributed by atoms with Crippen LogP contribution in [0.3, 0.4) is 0 Å². The molecule has 0 bridgehead atoms. The Morgan fingerprint density at radius 2 is 2.16 bits per heavy atom. The van der Waals surface area contributed by atoms with Crippen LogP contribution in [0.15, 0.2) is 18.2 Å². The van der Waals surface area contributed by atoms with Gasteiger partial charge >= 0.3 is 0 Å². The van der Waals surface area contributed by atoms with Crippen LogP contribution in [0.5, 0.6) is 0 Å². The predicted octanol–water partition coefficient (Wildman–Crippen LogP) is 3.70. The smallest absolute Gasteiger partial charge is 0.0419 e. The largest absolute Gasteiger partial charge is 0.384 e. The zero-order valence-electron chi connectivity index (χ0n) is 12.0. The number of rotatable bonds is 3. The van der Waals surface area contributed by atoms with Gasteiger partial charge in [-0.3, -0.25) is 4.90 Å². The fraction of sp³-hybridized carbons (Fsp3) is 0.625. The minimum atomic E-state index is 0. The van der Waals surface area contributed by atoms with Crippen molar-refractivity contribution in [2.24, 2.45) is 5.92 Å². The van der Waals surface area contributed by atoms with E-state index in [4.69, 9.17) is 0 Å². The molecule has 106 valence electrons. The Bertz CT molecular complexity index is 433. The molecule has 1 aromatic rings. The lowest BCUT2D eigenvalue weighted by molar-refractivity contribution is 0.233. The van der Waals surface area contributed by atoms with E-state index in [1.807, 2.05) is 0 Å². The predicted molar refractivity (Wildman–Crippen MR) is 84.2 cm³/mol. The van der Waals surface area contributed by atoms with Gasteiger partial charge in [0.05, 0.1) is 0 Å². The maximum absolute atomic E-state index is 3.55. The minimum absolute atomic E-state index is 0. The quantitative estimate of drug-likeness (QED) is 0.908. The Balaban J connectivity index is 0.00000133. The molecule has 3 rings (SSSR count). The van der Waals surface area contributed by atoms with E-state index in [1.165, 1.54) is 42.5 Å². The number of anilines is 1. The molecule has 3 heteroatoms. The van der Waals surface area contributed by atoms with Gasteiger partial charge in [0.1, 0.15) is 0 Å². The van der Waals surface area contributed by atoms with Crippen LogP contribution < -0.4 is 5.32 Å². The van der Waals surface area contributed by atoms with Crippen molar-refractivity contribution in [1.82, 2.24) is 4.90 Å². The lowest BCUT2D eigenvalue weighted by Crippen LogP contribution is -2.29. The first-order chi connectivity index (χ1) is 8.74. The highest BCUT2D eigenvalue weighted by atomic mass is 35.5. The van der Waals surface area contributed by atoms with E-state index >= 15 is 0 Å². The Labute approximate surface area is 123 Å². The van der Waals surface area contributed by atoms with Gasteiger partial charge < -0.3 is 5.32 Å². The molecule has 1 aliphatic heterocycles. The van der Waals surface area contributed by atoms with E-state index in [1.54, 1.807) is 0 Å². The van der Waals surface area contributed by atoms with Crippen molar-refractivity contribution in [3.05, 3.63) is 29.3 Å². The average molecular weight is 281 g/mol. The summed E-state index contributed by atoms with van der Waals surface area (Å²) in [7, 11) is 2.29. The fourth-order valence-electron chi connectivity index (χ4n) is 3.52. The molecule has 1 N–H and O–H groups in total. The van der Waals surface area contributed by atoms with E-state index in [0.29, 0.717) is 0 Å². The van der Waals surface area contributed by atoms with Gasteiger partial charge in [0.15, 0.2) is 0 Å². The summed E-state index contributed by atoms with van der Waals surface area (Å²) in [5.41, 5.74) is 4.39. The van der Waals surface area contributed by atoms with Gasteiger partial charge in [-0.25, -0.2) is 0 Å².